The van der Waals surface area contributed by atoms with Crippen LogP contribution in [0.25, 0.3) is 85.4 Å². The number of anilines is 6. The van der Waals surface area contributed by atoms with Crippen molar-refractivity contribution >= 4 is 100 Å². The number of aromatic nitrogens is 2. The van der Waals surface area contributed by atoms with Gasteiger partial charge in [0.25, 0.3) is 0 Å². The summed E-state index contributed by atoms with van der Waals surface area (Å²) in [4.78, 5) is 20.1. The van der Waals surface area contributed by atoms with E-state index in [1.165, 1.54) is 30.6 Å². The molecule has 0 amide bonds. The van der Waals surface area contributed by atoms with Crippen LogP contribution in [-0.4, -0.2) is 24.2 Å². The predicted molar refractivity (Wildman–Crippen MR) is 312 cm³/mol. The third-order valence-corrected chi connectivity index (χ3v) is 16.0. The first-order valence-electron chi connectivity index (χ1n) is 24.5. The molecule has 0 spiro atoms. The van der Waals surface area contributed by atoms with Crippen LogP contribution in [0.5, 0.6) is 11.5 Å². The molecule has 0 unspecified atom stereocenters. The fraction of sp³-hybridized carbons (Fsp3) is 0.0303. The van der Waals surface area contributed by atoms with Gasteiger partial charge in [0, 0.05) is 76.5 Å². The first-order valence-corrected chi connectivity index (χ1v) is 26.1. The van der Waals surface area contributed by atoms with Crippen LogP contribution < -0.4 is 19.3 Å². The predicted octanol–water partition coefficient (Wildman–Crippen LogP) is 18.8. The molecule has 3 aromatic heterocycles. The number of hydrogen-bond acceptors (Lipinski definition) is 8. The number of methoxy groups -OCH3 is 2. The topological polar surface area (TPSA) is 50.7 Å². The molecule has 13 rings (SSSR count). The molecule has 6 nitrogen and oxygen atoms in total. The third-order valence-electron chi connectivity index (χ3n) is 13.7. The van der Waals surface area contributed by atoms with E-state index in [1.54, 1.807) is 36.9 Å². The molecule has 354 valence electrons. The monoisotopic (exact) mass is 990 g/mol. The molecule has 0 aliphatic heterocycles. The van der Waals surface area contributed by atoms with Gasteiger partial charge in [-0.3, -0.25) is 0 Å². The molecule has 3 heterocycles. The maximum atomic E-state index is 5.75. The highest BCUT2D eigenvalue weighted by Gasteiger charge is 2.19. The standard InChI is InChI=1S/C66H46N4O2S2/c1-71-59-41-57-58(42-60(59)72-2)68-66-56-40-46(64-38-36-62(74-64)44-25-31-52(32-26-44)70(49-19-11-5-12-20-49)50-21-13-6-14-22-50)28-34-54(56)53-33-27-45(39-55(53)65(66)67-57)63-37-35-61(73-63)43-23-29-51(30-24-43)69(47-15-7-3-8-16-47)48-17-9-4-10-18-48/h3-42H,1-2H3. The smallest absolute Gasteiger partial charge is 0.163 e. The van der Waals surface area contributed by atoms with E-state index in [4.69, 9.17) is 19.4 Å². The lowest BCUT2D eigenvalue weighted by atomic mass is 9.95. The van der Waals surface area contributed by atoms with Gasteiger partial charge < -0.3 is 19.3 Å². The van der Waals surface area contributed by atoms with Gasteiger partial charge >= 0.3 is 0 Å². The Balaban J connectivity index is 0.863. The molecule has 0 saturated heterocycles. The SMILES string of the molecule is COc1cc2nc3c4cc(-c5ccc(-c6ccc(N(c7ccccc7)c7ccccc7)cc6)s5)ccc4c4ccc(-c5ccc(-c6ccc(N(c7ccccc7)c7ccccc7)cc6)s5)cc4c3nc2cc1OC. The molecule has 0 N–H and O–H groups in total. The Bertz CT molecular complexity index is 3800. The van der Waals surface area contributed by atoms with Gasteiger partial charge in [0.2, 0.25) is 0 Å². The Morgan fingerprint density at radius 3 is 0.919 bits per heavy atom. The molecule has 0 atom stereocenters. The van der Waals surface area contributed by atoms with Crippen molar-refractivity contribution in [3.63, 3.8) is 0 Å². The van der Waals surface area contributed by atoms with Crippen molar-refractivity contribution in [3.8, 4) is 53.3 Å². The van der Waals surface area contributed by atoms with Crippen LogP contribution in [-0.2, 0) is 0 Å². The van der Waals surface area contributed by atoms with E-state index in [2.05, 4.69) is 240 Å². The number of nitrogens with zero attached hydrogens (tertiary/aromatic N) is 4. The molecular formula is C66H46N4O2S2. The average molecular weight is 991 g/mol. The first-order chi connectivity index (χ1) is 36.6. The van der Waals surface area contributed by atoms with Crippen molar-refractivity contribution in [1.29, 1.82) is 0 Å². The van der Waals surface area contributed by atoms with E-state index >= 15 is 0 Å². The van der Waals surface area contributed by atoms with Gasteiger partial charge in [0.1, 0.15) is 0 Å². The summed E-state index contributed by atoms with van der Waals surface area (Å²) in [5.41, 5.74) is 14.4. The van der Waals surface area contributed by atoms with E-state index < -0.39 is 0 Å². The summed E-state index contributed by atoms with van der Waals surface area (Å²) in [6, 6.07) is 86.2. The van der Waals surface area contributed by atoms with Crippen LogP contribution in [0, 0.1) is 0 Å². The zero-order chi connectivity index (χ0) is 49.5. The largest absolute Gasteiger partial charge is 0.493 e. The Labute approximate surface area is 437 Å². The Kier molecular flexibility index (Phi) is 11.6. The lowest BCUT2D eigenvalue weighted by Gasteiger charge is -2.25. The Hall–Kier alpha value is -9.08. The summed E-state index contributed by atoms with van der Waals surface area (Å²) in [5.74, 6) is 1.23. The lowest BCUT2D eigenvalue weighted by molar-refractivity contribution is 0.355. The Morgan fingerprint density at radius 2 is 0.595 bits per heavy atom. The second-order valence-corrected chi connectivity index (χ2v) is 20.2. The minimum absolute atomic E-state index is 0.613. The fourth-order valence-corrected chi connectivity index (χ4v) is 12.1. The maximum absolute atomic E-state index is 5.75. The van der Waals surface area contributed by atoms with Crippen LogP contribution in [0.15, 0.2) is 243 Å². The minimum atomic E-state index is 0.613. The molecule has 0 saturated carbocycles. The van der Waals surface area contributed by atoms with Crippen molar-refractivity contribution < 1.29 is 9.47 Å². The number of rotatable bonds is 12. The van der Waals surface area contributed by atoms with Gasteiger partial charge in [-0.1, -0.05) is 121 Å². The van der Waals surface area contributed by atoms with Crippen LogP contribution in [0.1, 0.15) is 0 Å². The highest BCUT2D eigenvalue weighted by Crippen LogP contribution is 2.44. The van der Waals surface area contributed by atoms with Gasteiger partial charge in [0.15, 0.2) is 11.5 Å². The van der Waals surface area contributed by atoms with Crippen molar-refractivity contribution in [2.45, 2.75) is 0 Å². The number of para-hydroxylation sites is 4. The molecule has 10 aromatic carbocycles. The van der Waals surface area contributed by atoms with Crippen molar-refractivity contribution in [3.05, 3.63) is 243 Å². The Morgan fingerprint density at radius 1 is 0.297 bits per heavy atom. The normalized spacial score (nSPS) is 11.4. The molecule has 0 aliphatic rings. The van der Waals surface area contributed by atoms with Crippen LogP contribution in [0.3, 0.4) is 0 Å². The summed E-state index contributed by atoms with van der Waals surface area (Å²) in [7, 11) is 3.30. The fourth-order valence-electron chi connectivity index (χ4n) is 10.1. The van der Waals surface area contributed by atoms with E-state index in [1.807, 2.05) is 12.1 Å². The van der Waals surface area contributed by atoms with Gasteiger partial charge in [-0.25, -0.2) is 9.97 Å². The molecule has 0 bridgehead atoms. The second kappa shape index (κ2) is 19.2. The summed E-state index contributed by atoms with van der Waals surface area (Å²) in [6.45, 7) is 0. The number of thiophene rings is 2. The molecule has 0 fully saturated rings. The van der Waals surface area contributed by atoms with Crippen LogP contribution >= 0.6 is 22.7 Å². The first kappa shape index (κ1) is 44.8. The van der Waals surface area contributed by atoms with Crippen LogP contribution in [0.4, 0.5) is 34.1 Å². The van der Waals surface area contributed by atoms with Crippen molar-refractivity contribution in [1.82, 2.24) is 9.97 Å². The van der Waals surface area contributed by atoms with Gasteiger partial charge in [0.05, 0.1) is 36.3 Å². The maximum Gasteiger partial charge on any atom is 0.163 e. The van der Waals surface area contributed by atoms with Gasteiger partial charge in [-0.2, -0.15) is 0 Å². The zero-order valence-corrected chi connectivity index (χ0v) is 42.1. The highest BCUT2D eigenvalue weighted by molar-refractivity contribution is 7.19. The number of benzene rings is 10. The third kappa shape index (κ3) is 8.26. The lowest BCUT2D eigenvalue weighted by Crippen LogP contribution is -2.09. The molecule has 74 heavy (non-hydrogen) atoms. The number of hydrogen-bond donors (Lipinski definition) is 0. The quantitative estimate of drug-likeness (QED) is 0.0898. The van der Waals surface area contributed by atoms with Crippen LogP contribution in [0.2, 0.25) is 0 Å². The zero-order valence-electron chi connectivity index (χ0n) is 40.5. The molecule has 13 aromatic rings. The number of ether oxygens (including phenoxy) is 2. The minimum Gasteiger partial charge on any atom is -0.493 e. The van der Waals surface area contributed by atoms with E-state index in [9.17, 15) is 0 Å². The van der Waals surface area contributed by atoms with E-state index in [0.717, 1.165) is 88.9 Å². The molecule has 0 aliphatic carbocycles. The second-order valence-electron chi connectivity index (χ2n) is 18.1. The van der Waals surface area contributed by atoms with Crippen molar-refractivity contribution in [2.75, 3.05) is 24.0 Å². The summed E-state index contributed by atoms with van der Waals surface area (Å²) in [5, 5.41) is 4.33. The van der Waals surface area contributed by atoms with E-state index in [-0.39, 0.29) is 0 Å². The number of fused-ring (bicyclic) bond motifs is 7. The molecule has 8 heteroatoms. The summed E-state index contributed by atoms with van der Waals surface area (Å²) in [6.07, 6.45) is 0. The summed E-state index contributed by atoms with van der Waals surface area (Å²) >= 11 is 3.59. The van der Waals surface area contributed by atoms with Crippen molar-refractivity contribution in [2.24, 2.45) is 0 Å². The average Bonchev–Trinajstić information content (AvgIpc) is 4.19. The van der Waals surface area contributed by atoms with Gasteiger partial charge in [-0.05, 0) is 142 Å². The summed E-state index contributed by atoms with van der Waals surface area (Å²) < 4.78 is 11.5. The van der Waals surface area contributed by atoms with E-state index in [0.29, 0.717) is 11.5 Å². The highest BCUT2D eigenvalue weighted by atomic mass is 32.1. The van der Waals surface area contributed by atoms with Gasteiger partial charge in [-0.15, -0.1) is 22.7 Å². The molecular weight excluding hydrogens is 945 g/mol. The molecule has 0 radical (unpaired) electrons.